The van der Waals surface area contributed by atoms with Gasteiger partial charge in [0.15, 0.2) is 11.9 Å². The number of hydrogen-bond acceptors (Lipinski definition) is 10. The van der Waals surface area contributed by atoms with Crippen LogP contribution in [0.3, 0.4) is 0 Å². The Morgan fingerprint density at radius 1 is 1.38 bits per heavy atom. The number of ether oxygens (including phenoxy) is 1. The van der Waals surface area contributed by atoms with E-state index in [-0.39, 0.29) is 12.2 Å². The fourth-order valence-corrected chi connectivity index (χ4v) is 3.33. The molecule has 1 aromatic carbocycles. The van der Waals surface area contributed by atoms with Gasteiger partial charge in [-0.3, -0.25) is 10.2 Å². The number of nitrogens with two attached hydrogens (primary N) is 1. The first-order valence-electron chi connectivity index (χ1n) is 10.1. The van der Waals surface area contributed by atoms with E-state index in [1.54, 1.807) is 39.3 Å². The lowest BCUT2D eigenvalue weighted by Gasteiger charge is -2.26. The number of benzene rings is 1. The number of nitrogen functional groups attached to an aromatic ring is 1. The number of aryl methyl sites for hydroxylation is 1. The molecule has 4 rings (SSSR count). The predicted octanol–water partition coefficient (Wildman–Crippen LogP) is 1.70. The first-order chi connectivity index (χ1) is 15.4. The summed E-state index contributed by atoms with van der Waals surface area (Å²) in [6.07, 6.45) is 1.35. The molecule has 1 aliphatic rings. The molecule has 0 saturated carbocycles. The number of anilines is 4. The van der Waals surface area contributed by atoms with Crippen LogP contribution < -0.4 is 21.3 Å². The van der Waals surface area contributed by atoms with Gasteiger partial charge in [0.25, 0.3) is 0 Å². The van der Waals surface area contributed by atoms with Crippen molar-refractivity contribution in [1.29, 1.82) is 0 Å². The highest BCUT2D eigenvalue weighted by Crippen LogP contribution is 2.39. The van der Waals surface area contributed by atoms with Gasteiger partial charge in [-0.15, -0.1) is 0 Å². The van der Waals surface area contributed by atoms with Crippen LogP contribution in [0.2, 0.25) is 0 Å². The Bertz CT molecular complexity index is 1170. The third-order valence-electron chi connectivity index (χ3n) is 4.93. The van der Waals surface area contributed by atoms with Gasteiger partial charge in [0.1, 0.15) is 17.3 Å². The van der Waals surface area contributed by atoms with E-state index in [4.69, 9.17) is 15.0 Å². The lowest BCUT2D eigenvalue weighted by Crippen LogP contribution is -2.46. The topological polar surface area (TPSA) is 135 Å². The maximum atomic E-state index is 10.7. The van der Waals surface area contributed by atoms with Gasteiger partial charge in [-0.1, -0.05) is 17.0 Å². The molecule has 0 spiro atoms. The molecule has 1 unspecified atom stereocenters. The maximum Gasteiger partial charge on any atom is 0.221 e. The van der Waals surface area contributed by atoms with Gasteiger partial charge in [-0.05, 0) is 38.1 Å². The number of fused-ring (bicyclic) bond motifs is 1. The number of nitrogens with one attached hydrogen (secondary N) is 2. The third-order valence-corrected chi connectivity index (χ3v) is 4.93. The number of aromatic nitrogens is 3. The summed E-state index contributed by atoms with van der Waals surface area (Å²) in [5.41, 5.74) is 7.23. The van der Waals surface area contributed by atoms with Crippen LogP contribution in [-0.4, -0.2) is 46.8 Å². The summed E-state index contributed by atoms with van der Waals surface area (Å²) in [4.78, 5) is 10.3. The van der Waals surface area contributed by atoms with Crippen LogP contribution in [0.1, 0.15) is 23.9 Å². The molecule has 10 nitrogen and oxygen atoms in total. The monoisotopic (exact) mass is 435 g/mol. The van der Waals surface area contributed by atoms with Crippen LogP contribution in [0.15, 0.2) is 41.1 Å². The number of hydrogen-bond donors (Lipinski definition) is 4. The quantitative estimate of drug-likeness (QED) is 0.335. The van der Waals surface area contributed by atoms with Crippen LogP contribution in [0, 0.1) is 18.8 Å². The zero-order valence-electron chi connectivity index (χ0n) is 18.1. The first-order valence-corrected chi connectivity index (χ1v) is 10.1. The van der Waals surface area contributed by atoms with Gasteiger partial charge < -0.3 is 25.4 Å². The number of rotatable bonds is 6. The molecule has 2 atom stereocenters. The zero-order chi connectivity index (χ0) is 22.7. The number of methoxy groups -OCH3 is 1. The van der Waals surface area contributed by atoms with Gasteiger partial charge in [-0.2, -0.15) is 4.98 Å². The Morgan fingerprint density at radius 2 is 2.22 bits per heavy atom. The minimum Gasteiger partial charge on any atom is -0.383 e. The molecule has 0 bridgehead atoms. The van der Waals surface area contributed by atoms with Crippen molar-refractivity contribution in [2.24, 2.45) is 0 Å². The van der Waals surface area contributed by atoms with Gasteiger partial charge >= 0.3 is 0 Å². The number of nitrogens with zero attached hydrogens (tertiary/aromatic N) is 4. The fourth-order valence-electron chi connectivity index (χ4n) is 3.33. The fraction of sp³-hybridized carbons (Fsp3) is 0.318. The SMILES string of the molecule is COCCNC1Nc2ccc(C#C[C@@](C)(O)c3cc(C)on3)cc2N1c1ccnc(N)n1. The minimum absolute atomic E-state index is 0.182. The summed E-state index contributed by atoms with van der Waals surface area (Å²) in [7, 11) is 1.65. The Balaban J connectivity index is 1.66. The molecule has 32 heavy (non-hydrogen) atoms. The summed E-state index contributed by atoms with van der Waals surface area (Å²) in [5, 5.41) is 21.4. The zero-order valence-corrected chi connectivity index (χ0v) is 18.1. The molecular formula is C22H25N7O3. The molecule has 0 aliphatic carbocycles. The lowest BCUT2D eigenvalue weighted by molar-refractivity contribution is 0.112. The molecule has 0 saturated heterocycles. The Morgan fingerprint density at radius 3 is 2.94 bits per heavy atom. The van der Waals surface area contributed by atoms with Gasteiger partial charge in [-0.25, -0.2) is 4.98 Å². The van der Waals surface area contributed by atoms with Crippen molar-refractivity contribution < 1.29 is 14.4 Å². The molecule has 0 fully saturated rings. The van der Waals surface area contributed by atoms with Gasteiger partial charge in [0.05, 0.1) is 18.0 Å². The smallest absolute Gasteiger partial charge is 0.221 e. The van der Waals surface area contributed by atoms with Crippen LogP contribution in [0.5, 0.6) is 0 Å². The second-order valence-corrected chi connectivity index (χ2v) is 7.51. The highest BCUT2D eigenvalue weighted by atomic mass is 16.5. The standard InChI is InChI=1S/C22H25N7O3/c1-14-12-18(28-32-14)22(2,30)8-6-15-4-5-16-17(13-15)29(19-7-9-24-20(23)27-19)21(26-16)25-10-11-31-3/h4-5,7,9,12-13,21,25-26,30H,10-11H2,1-3H3,(H2,23,24,27)/t21?,22-/m1/s1. The molecule has 2 aromatic heterocycles. The molecule has 0 radical (unpaired) electrons. The normalized spacial score (nSPS) is 16.6. The van der Waals surface area contributed by atoms with E-state index in [1.807, 2.05) is 23.1 Å². The van der Waals surface area contributed by atoms with E-state index >= 15 is 0 Å². The average molecular weight is 435 g/mol. The molecular weight excluding hydrogens is 410 g/mol. The molecule has 5 N–H and O–H groups in total. The summed E-state index contributed by atoms with van der Waals surface area (Å²) in [6.45, 7) is 4.53. The Kier molecular flexibility index (Phi) is 5.96. The van der Waals surface area contributed by atoms with E-state index in [0.717, 1.165) is 16.9 Å². The highest BCUT2D eigenvalue weighted by molar-refractivity contribution is 5.82. The summed E-state index contributed by atoms with van der Waals surface area (Å²) in [5.74, 6) is 7.34. The van der Waals surface area contributed by atoms with E-state index in [0.29, 0.717) is 30.4 Å². The van der Waals surface area contributed by atoms with Crippen molar-refractivity contribution in [3.05, 3.63) is 53.5 Å². The van der Waals surface area contributed by atoms with Crippen molar-refractivity contribution in [2.75, 3.05) is 36.2 Å². The molecule has 166 valence electrons. The van der Waals surface area contributed by atoms with E-state index < -0.39 is 5.60 Å². The summed E-state index contributed by atoms with van der Waals surface area (Å²) >= 11 is 0. The second kappa shape index (κ2) is 8.84. The molecule has 10 heteroatoms. The predicted molar refractivity (Wildman–Crippen MR) is 120 cm³/mol. The summed E-state index contributed by atoms with van der Waals surface area (Å²) < 4.78 is 10.2. The van der Waals surface area contributed by atoms with Crippen LogP contribution >= 0.6 is 0 Å². The molecule has 3 heterocycles. The molecule has 3 aromatic rings. The third kappa shape index (κ3) is 4.50. The Labute approximate surface area is 185 Å². The number of aliphatic hydroxyl groups is 1. The lowest BCUT2D eigenvalue weighted by atomic mass is 10.0. The van der Waals surface area contributed by atoms with Gasteiger partial charge in [0.2, 0.25) is 5.95 Å². The minimum atomic E-state index is -1.44. The summed E-state index contributed by atoms with van der Waals surface area (Å²) in [6, 6.07) is 9.19. The van der Waals surface area contributed by atoms with E-state index in [9.17, 15) is 5.11 Å². The highest BCUT2D eigenvalue weighted by Gasteiger charge is 2.31. The van der Waals surface area contributed by atoms with Crippen molar-refractivity contribution in [3.63, 3.8) is 0 Å². The molecule has 0 amide bonds. The van der Waals surface area contributed by atoms with Crippen LogP contribution in [0.4, 0.5) is 23.1 Å². The first kappa shape index (κ1) is 21.6. The van der Waals surface area contributed by atoms with Gasteiger partial charge in [0, 0.05) is 31.5 Å². The Hall–Kier alpha value is -3.65. The second-order valence-electron chi connectivity index (χ2n) is 7.51. The maximum absolute atomic E-state index is 10.7. The van der Waals surface area contributed by atoms with Crippen LogP contribution in [-0.2, 0) is 10.3 Å². The van der Waals surface area contributed by atoms with Crippen LogP contribution in [0.25, 0.3) is 0 Å². The van der Waals surface area contributed by atoms with E-state index in [1.165, 1.54) is 0 Å². The molecule has 1 aliphatic heterocycles. The van der Waals surface area contributed by atoms with Crippen molar-refractivity contribution >= 4 is 23.1 Å². The van der Waals surface area contributed by atoms with Crippen molar-refractivity contribution in [2.45, 2.75) is 25.7 Å². The van der Waals surface area contributed by atoms with Crippen molar-refractivity contribution in [1.82, 2.24) is 20.4 Å². The average Bonchev–Trinajstić information content (AvgIpc) is 3.36. The van der Waals surface area contributed by atoms with E-state index in [2.05, 4.69) is 37.6 Å². The largest absolute Gasteiger partial charge is 0.383 e. The van der Waals surface area contributed by atoms with Crippen molar-refractivity contribution in [3.8, 4) is 11.8 Å².